The zero-order chi connectivity index (χ0) is 12.3. The Labute approximate surface area is 86.1 Å². The lowest BCUT2D eigenvalue weighted by Crippen LogP contribution is -2.58. The first-order valence-electron chi connectivity index (χ1n) is 3.67. The molecule has 3 nitrogen and oxygen atoms in total. The van der Waals surface area contributed by atoms with Crippen molar-refractivity contribution in [1.82, 2.24) is 5.34 Å². The Morgan fingerprint density at radius 2 is 1.80 bits per heavy atom. The van der Waals surface area contributed by atoms with E-state index in [0.29, 0.717) is 11.8 Å². The standard InChI is InChI=1S/C6H7F5NO2S/c1-2-15-3-5(7,8)6(9,4(13)14)12(10)11/h2-3H2,1H3. The lowest BCUT2D eigenvalue weighted by molar-refractivity contribution is -0.332. The minimum Gasteiger partial charge on any atom is -0.241 e. The van der Waals surface area contributed by atoms with Crippen molar-refractivity contribution in [2.75, 3.05) is 11.5 Å². The Bertz CT molecular complexity index is 240. The third-order valence-corrected chi connectivity index (χ3v) is 2.45. The first kappa shape index (κ1) is 14.4. The molecular weight excluding hydrogens is 245 g/mol. The summed E-state index contributed by atoms with van der Waals surface area (Å²) in [5.41, 5.74) is 0. The van der Waals surface area contributed by atoms with Crippen LogP contribution in [0.3, 0.4) is 0 Å². The number of alkyl halides is 3. The van der Waals surface area contributed by atoms with Gasteiger partial charge < -0.3 is 0 Å². The molecular formula is C6H7F5NO2S. The molecule has 0 spiro atoms. The SMILES string of the molecule is CCSCC(F)(F)C(F)(C([O])=O)N(F)F. The molecule has 1 unspecified atom stereocenters. The predicted molar refractivity (Wildman–Crippen MR) is 41.5 cm³/mol. The molecule has 89 valence electrons. The number of hydrogen-bond acceptors (Lipinski definition) is 3. The minimum absolute atomic E-state index is 0.108. The number of halogens is 5. The van der Waals surface area contributed by atoms with E-state index >= 15 is 0 Å². The number of rotatable bonds is 6. The summed E-state index contributed by atoms with van der Waals surface area (Å²) in [7, 11) is 0. The highest BCUT2D eigenvalue weighted by Gasteiger charge is 2.68. The van der Waals surface area contributed by atoms with Crippen molar-refractivity contribution in [3.63, 3.8) is 0 Å². The summed E-state index contributed by atoms with van der Waals surface area (Å²) in [6, 6.07) is 0. The maximum Gasteiger partial charge on any atom is 0.419 e. The van der Waals surface area contributed by atoms with Gasteiger partial charge in [0.05, 0.1) is 11.1 Å². The van der Waals surface area contributed by atoms with E-state index in [-0.39, 0.29) is 5.75 Å². The van der Waals surface area contributed by atoms with Crippen LogP contribution in [0.15, 0.2) is 0 Å². The lowest BCUT2D eigenvalue weighted by atomic mass is 10.1. The van der Waals surface area contributed by atoms with Crippen LogP contribution in [0.1, 0.15) is 6.92 Å². The van der Waals surface area contributed by atoms with Gasteiger partial charge in [0.2, 0.25) is 0 Å². The van der Waals surface area contributed by atoms with Crippen molar-refractivity contribution in [3.8, 4) is 0 Å². The zero-order valence-electron chi connectivity index (χ0n) is 7.48. The van der Waals surface area contributed by atoms with Crippen LogP contribution in [-0.2, 0) is 9.90 Å². The van der Waals surface area contributed by atoms with E-state index < -0.39 is 28.8 Å². The molecule has 15 heavy (non-hydrogen) atoms. The Morgan fingerprint density at radius 3 is 2.07 bits per heavy atom. The van der Waals surface area contributed by atoms with Gasteiger partial charge in [0, 0.05) is 0 Å². The Hall–Kier alpha value is -0.570. The molecule has 0 rings (SSSR count). The van der Waals surface area contributed by atoms with Crippen molar-refractivity contribution < 1.29 is 32.0 Å². The summed E-state index contributed by atoms with van der Waals surface area (Å²) in [6.07, 6.45) is 0. The second-order valence-corrected chi connectivity index (χ2v) is 3.76. The summed E-state index contributed by atoms with van der Waals surface area (Å²) in [6.45, 7) is 1.43. The minimum atomic E-state index is -5.10. The van der Waals surface area contributed by atoms with Crippen LogP contribution in [0.5, 0.6) is 0 Å². The van der Waals surface area contributed by atoms with Crippen LogP contribution in [0.2, 0.25) is 0 Å². The summed E-state index contributed by atoms with van der Waals surface area (Å²) in [4.78, 5) is 9.98. The highest BCUT2D eigenvalue weighted by Crippen LogP contribution is 2.39. The first-order valence-corrected chi connectivity index (χ1v) is 4.83. The molecule has 0 fully saturated rings. The van der Waals surface area contributed by atoms with Crippen LogP contribution in [-0.4, -0.2) is 34.5 Å². The molecule has 0 aliphatic carbocycles. The molecule has 0 aliphatic rings. The van der Waals surface area contributed by atoms with Gasteiger partial charge in [0.25, 0.3) is 0 Å². The van der Waals surface area contributed by atoms with Gasteiger partial charge in [-0.2, -0.15) is 20.5 Å². The Kier molecular flexibility index (Phi) is 4.78. The molecule has 0 aromatic heterocycles. The van der Waals surface area contributed by atoms with Gasteiger partial charge in [-0.1, -0.05) is 15.9 Å². The van der Waals surface area contributed by atoms with Crippen LogP contribution in [0, 0.1) is 0 Å². The van der Waals surface area contributed by atoms with Crippen LogP contribution in [0.4, 0.5) is 22.1 Å². The van der Waals surface area contributed by atoms with Gasteiger partial charge in [0.1, 0.15) is 0 Å². The molecule has 0 saturated carbocycles. The number of carbonyl (C=O) groups is 1. The highest BCUT2D eigenvalue weighted by atomic mass is 32.2. The second kappa shape index (κ2) is 4.97. The summed E-state index contributed by atoms with van der Waals surface area (Å²) >= 11 is 0.436. The molecule has 1 atom stereocenters. The highest BCUT2D eigenvalue weighted by molar-refractivity contribution is 7.99. The van der Waals surface area contributed by atoms with Gasteiger partial charge in [-0.25, -0.2) is 14.3 Å². The first-order chi connectivity index (χ1) is 6.70. The molecule has 0 saturated heterocycles. The van der Waals surface area contributed by atoms with E-state index in [4.69, 9.17) is 0 Å². The fourth-order valence-corrected chi connectivity index (χ4v) is 1.32. The third kappa shape index (κ3) is 2.71. The average molecular weight is 252 g/mol. The van der Waals surface area contributed by atoms with E-state index in [1.165, 1.54) is 6.92 Å². The van der Waals surface area contributed by atoms with Gasteiger partial charge in [-0.3, -0.25) is 0 Å². The third-order valence-electron chi connectivity index (χ3n) is 1.48. The molecule has 1 radical (unpaired) electrons. The topological polar surface area (TPSA) is 40.2 Å². The van der Waals surface area contributed by atoms with Crippen molar-refractivity contribution in [1.29, 1.82) is 0 Å². The monoisotopic (exact) mass is 252 g/mol. The van der Waals surface area contributed by atoms with Crippen molar-refractivity contribution in [3.05, 3.63) is 0 Å². The normalized spacial score (nSPS) is 16.5. The number of carbonyl (C=O) groups excluding carboxylic acids is 1. The quantitative estimate of drug-likeness (QED) is 0.413. The van der Waals surface area contributed by atoms with Crippen molar-refractivity contribution in [2.24, 2.45) is 0 Å². The molecule has 9 heteroatoms. The van der Waals surface area contributed by atoms with Gasteiger partial charge in [-0.05, 0) is 5.75 Å². The predicted octanol–water partition coefficient (Wildman–Crippen LogP) is 2.07. The maximum atomic E-state index is 12.9. The molecule has 0 aromatic rings. The average Bonchev–Trinajstić information content (AvgIpc) is 2.12. The van der Waals surface area contributed by atoms with E-state index in [1.807, 2.05) is 0 Å². The smallest absolute Gasteiger partial charge is 0.241 e. The number of thioether (sulfide) groups is 1. The van der Waals surface area contributed by atoms with Crippen molar-refractivity contribution in [2.45, 2.75) is 18.6 Å². The molecule has 0 amide bonds. The maximum absolute atomic E-state index is 12.9. The Balaban J connectivity index is 4.98. The fraction of sp³-hybridized carbons (Fsp3) is 0.833. The number of hydrogen-bond donors (Lipinski definition) is 0. The molecule has 0 N–H and O–H groups in total. The van der Waals surface area contributed by atoms with Gasteiger partial charge in [0.15, 0.2) is 0 Å². The van der Waals surface area contributed by atoms with E-state index in [2.05, 4.69) is 0 Å². The Morgan fingerprint density at radius 1 is 1.33 bits per heavy atom. The van der Waals surface area contributed by atoms with Crippen LogP contribution < -0.4 is 0 Å². The summed E-state index contributed by atoms with van der Waals surface area (Å²) in [5, 5.41) is 7.29. The van der Waals surface area contributed by atoms with E-state index in [1.54, 1.807) is 0 Å². The van der Waals surface area contributed by atoms with Crippen LogP contribution in [0.25, 0.3) is 0 Å². The second-order valence-electron chi connectivity index (χ2n) is 2.48. The van der Waals surface area contributed by atoms with E-state index in [9.17, 15) is 32.0 Å². The number of nitrogens with zero attached hydrogens (tertiary/aromatic N) is 1. The molecule has 0 aliphatic heterocycles. The van der Waals surface area contributed by atoms with Crippen molar-refractivity contribution >= 4 is 17.7 Å². The van der Waals surface area contributed by atoms with E-state index in [0.717, 1.165) is 0 Å². The lowest BCUT2D eigenvalue weighted by Gasteiger charge is -2.27. The largest absolute Gasteiger partial charge is 0.419 e. The molecule has 0 aromatic carbocycles. The molecule has 0 bridgehead atoms. The van der Waals surface area contributed by atoms with Gasteiger partial charge >= 0.3 is 17.7 Å². The summed E-state index contributed by atoms with van der Waals surface area (Å²) < 4.78 is 62.1. The van der Waals surface area contributed by atoms with Crippen LogP contribution >= 0.6 is 11.8 Å². The summed E-state index contributed by atoms with van der Waals surface area (Å²) in [5.74, 6) is -14.3. The van der Waals surface area contributed by atoms with Gasteiger partial charge in [-0.15, -0.1) is 0 Å². The zero-order valence-corrected chi connectivity index (χ0v) is 8.29. The molecule has 0 heterocycles. The fourth-order valence-electron chi connectivity index (χ4n) is 0.668.